The first-order valence-electron chi connectivity index (χ1n) is 6.71. The number of methoxy groups -OCH3 is 1. The van der Waals surface area contributed by atoms with Gasteiger partial charge in [0.2, 0.25) is 0 Å². The van der Waals surface area contributed by atoms with E-state index >= 15 is 0 Å². The van der Waals surface area contributed by atoms with E-state index < -0.39 is 5.54 Å². The molecule has 2 rings (SSSR count). The molecule has 1 aliphatic rings. The van der Waals surface area contributed by atoms with Gasteiger partial charge in [-0.1, -0.05) is 31.2 Å². The Labute approximate surface area is 114 Å². The molecule has 1 unspecified atom stereocenters. The van der Waals surface area contributed by atoms with Crippen molar-refractivity contribution in [3.63, 3.8) is 0 Å². The van der Waals surface area contributed by atoms with Gasteiger partial charge in [0.15, 0.2) is 0 Å². The highest BCUT2D eigenvalue weighted by molar-refractivity contribution is 5.80. The number of fused-ring (bicyclic) bond motifs is 1. The van der Waals surface area contributed by atoms with Crippen LogP contribution in [0.15, 0.2) is 24.3 Å². The van der Waals surface area contributed by atoms with Crippen molar-refractivity contribution in [3.8, 4) is 0 Å². The smallest absolute Gasteiger partial charge is 0.327 e. The van der Waals surface area contributed by atoms with Crippen molar-refractivity contribution in [3.05, 3.63) is 35.4 Å². The maximum Gasteiger partial charge on any atom is 0.327 e. The number of nitrogens with zero attached hydrogens (tertiary/aromatic N) is 1. The van der Waals surface area contributed by atoms with Crippen LogP contribution < -0.4 is 5.32 Å². The third-order valence-electron chi connectivity index (χ3n) is 3.65. The van der Waals surface area contributed by atoms with E-state index in [0.29, 0.717) is 6.54 Å². The zero-order valence-electron chi connectivity index (χ0n) is 11.9. The van der Waals surface area contributed by atoms with E-state index in [0.717, 1.165) is 19.6 Å². The van der Waals surface area contributed by atoms with Crippen LogP contribution in [-0.2, 0) is 22.6 Å². The summed E-state index contributed by atoms with van der Waals surface area (Å²) in [6, 6.07) is 8.42. The molecule has 1 N–H and O–H groups in total. The van der Waals surface area contributed by atoms with Gasteiger partial charge < -0.3 is 10.1 Å². The van der Waals surface area contributed by atoms with Gasteiger partial charge in [0, 0.05) is 19.6 Å². The van der Waals surface area contributed by atoms with Crippen LogP contribution >= 0.6 is 0 Å². The van der Waals surface area contributed by atoms with Gasteiger partial charge in [-0.05, 0) is 24.6 Å². The largest absolute Gasteiger partial charge is 0.468 e. The van der Waals surface area contributed by atoms with Crippen LogP contribution in [0.2, 0.25) is 0 Å². The highest BCUT2D eigenvalue weighted by Gasteiger charge is 2.36. The number of benzene rings is 1. The second-order valence-electron chi connectivity index (χ2n) is 5.27. The number of carbonyl (C=O) groups excluding carboxylic acids is 1. The van der Waals surface area contributed by atoms with Gasteiger partial charge in [-0.2, -0.15) is 0 Å². The minimum atomic E-state index is -0.647. The van der Waals surface area contributed by atoms with Gasteiger partial charge in [-0.3, -0.25) is 9.69 Å². The van der Waals surface area contributed by atoms with E-state index in [4.69, 9.17) is 4.74 Å². The van der Waals surface area contributed by atoms with Gasteiger partial charge in [0.1, 0.15) is 5.54 Å². The first kappa shape index (κ1) is 14.0. The fraction of sp³-hybridized carbons (Fsp3) is 0.533. The second kappa shape index (κ2) is 5.72. The molecule has 0 saturated heterocycles. The molecule has 0 radical (unpaired) electrons. The summed E-state index contributed by atoms with van der Waals surface area (Å²) in [6.07, 6.45) is 0. The van der Waals surface area contributed by atoms with E-state index in [9.17, 15) is 4.79 Å². The molecular weight excluding hydrogens is 240 g/mol. The Morgan fingerprint density at radius 3 is 2.42 bits per heavy atom. The Bertz CT molecular complexity index is 436. The van der Waals surface area contributed by atoms with Gasteiger partial charge in [-0.15, -0.1) is 0 Å². The predicted octanol–water partition coefficient (Wildman–Crippen LogP) is 1.54. The van der Waals surface area contributed by atoms with Gasteiger partial charge in [0.25, 0.3) is 0 Å². The summed E-state index contributed by atoms with van der Waals surface area (Å²) < 4.78 is 4.93. The molecule has 0 amide bonds. The molecular formula is C15H22N2O2. The third kappa shape index (κ3) is 2.96. The molecule has 1 atom stereocenters. The number of rotatable bonds is 5. The van der Waals surface area contributed by atoms with E-state index in [2.05, 4.69) is 34.5 Å². The second-order valence-corrected chi connectivity index (χ2v) is 5.27. The molecule has 19 heavy (non-hydrogen) atoms. The first-order valence-corrected chi connectivity index (χ1v) is 6.71. The number of esters is 1. The van der Waals surface area contributed by atoms with Crippen molar-refractivity contribution in [2.45, 2.75) is 32.5 Å². The van der Waals surface area contributed by atoms with E-state index in [1.165, 1.54) is 18.2 Å². The minimum absolute atomic E-state index is 0.203. The number of ether oxygens (including phenoxy) is 1. The standard InChI is InChI=1S/C15H22N2O2/c1-4-16-15(2,14(18)19-3)11-17-9-12-7-5-6-8-13(12)10-17/h5-8,16H,4,9-11H2,1-3H3. The van der Waals surface area contributed by atoms with E-state index in [-0.39, 0.29) is 5.97 Å². The molecule has 0 aliphatic carbocycles. The molecule has 1 heterocycles. The van der Waals surface area contributed by atoms with Crippen molar-refractivity contribution in [2.75, 3.05) is 20.2 Å². The van der Waals surface area contributed by atoms with Crippen molar-refractivity contribution in [2.24, 2.45) is 0 Å². The summed E-state index contributed by atoms with van der Waals surface area (Å²) in [5.74, 6) is -0.203. The van der Waals surface area contributed by atoms with Crippen molar-refractivity contribution in [1.82, 2.24) is 10.2 Å². The van der Waals surface area contributed by atoms with Crippen LogP contribution in [-0.4, -0.2) is 36.6 Å². The third-order valence-corrected chi connectivity index (χ3v) is 3.65. The molecule has 4 heteroatoms. The molecule has 0 saturated carbocycles. The number of likely N-dealkylation sites (N-methyl/N-ethyl adjacent to an activating group) is 1. The molecule has 104 valence electrons. The predicted molar refractivity (Wildman–Crippen MR) is 74.7 cm³/mol. The lowest BCUT2D eigenvalue weighted by Gasteiger charge is -2.31. The fourth-order valence-electron chi connectivity index (χ4n) is 2.77. The van der Waals surface area contributed by atoms with Crippen LogP contribution in [0, 0.1) is 0 Å². The van der Waals surface area contributed by atoms with Crippen LogP contribution in [0.25, 0.3) is 0 Å². The Kier molecular flexibility index (Phi) is 4.22. The Morgan fingerprint density at radius 1 is 1.37 bits per heavy atom. The quantitative estimate of drug-likeness (QED) is 0.817. The van der Waals surface area contributed by atoms with Crippen LogP contribution in [0.1, 0.15) is 25.0 Å². The summed E-state index contributed by atoms with van der Waals surface area (Å²) in [5.41, 5.74) is 2.06. The van der Waals surface area contributed by atoms with E-state index in [1.807, 2.05) is 13.8 Å². The number of hydrogen-bond donors (Lipinski definition) is 1. The molecule has 0 fully saturated rings. The molecule has 4 nitrogen and oxygen atoms in total. The Morgan fingerprint density at radius 2 is 1.95 bits per heavy atom. The Hall–Kier alpha value is -1.39. The lowest BCUT2D eigenvalue weighted by Crippen LogP contribution is -2.56. The normalized spacial score (nSPS) is 17.8. The lowest BCUT2D eigenvalue weighted by atomic mass is 10.0. The fourth-order valence-corrected chi connectivity index (χ4v) is 2.77. The summed E-state index contributed by atoms with van der Waals surface area (Å²) in [5, 5.41) is 3.25. The van der Waals surface area contributed by atoms with Gasteiger partial charge >= 0.3 is 5.97 Å². The van der Waals surface area contributed by atoms with Crippen LogP contribution in [0.4, 0.5) is 0 Å². The van der Waals surface area contributed by atoms with Gasteiger partial charge in [0.05, 0.1) is 7.11 Å². The van der Waals surface area contributed by atoms with Gasteiger partial charge in [-0.25, -0.2) is 0 Å². The van der Waals surface area contributed by atoms with E-state index in [1.54, 1.807) is 0 Å². The average Bonchev–Trinajstić information content (AvgIpc) is 2.79. The van der Waals surface area contributed by atoms with Crippen molar-refractivity contribution < 1.29 is 9.53 Å². The zero-order valence-corrected chi connectivity index (χ0v) is 11.9. The molecule has 1 aliphatic heterocycles. The summed E-state index contributed by atoms with van der Waals surface area (Å²) >= 11 is 0. The van der Waals surface area contributed by atoms with Crippen LogP contribution in [0.3, 0.4) is 0 Å². The summed E-state index contributed by atoms with van der Waals surface area (Å²) in [6.45, 7) is 7.10. The lowest BCUT2D eigenvalue weighted by molar-refractivity contribution is -0.148. The van der Waals surface area contributed by atoms with Crippen molar-refractivity contribution >= 4 is 5.97 Å². The monoisotopic (exact) mass is 262 g/mol. The molecule has 0 spiro atoms. The maximum absolute atomic E-state index is 12.0. The molecule has 0 aromatic heterocycles. The van der Waals surface area contributed by atoms with Crippen molar-refractivity contribution in [1.29, 1.82) is 0 Å². The topological polar surface area (TPSA) is 41.6 Å². The molecule has 0 bridgehead atoms. The molecule has 1 aromatic carbocycles. The van der Waals surface area contributed by atoms with Crippen LogP contribution in [0.5, 0.6) is 0 Å². The summed E-state index contributed by atoms with van der Waals surface area (Å²) in [4.78, 5) is 14.3. The maximum atomic E-state index is 12.0. The molecule has 1 aromatic rings. The minimum Gasteiger partial charge on any atom is -0.468 e. The highest BCUT2D eigenvalue weighted by atomic mass is 16.5. The zero-order chi connectivity index (χ0) is 13.9. The summed E-state index contributed by atoms with van der Waals surface area (Å²) in [7, 11) is 1.44. The average molecular weight is 262 g/mol. The Balaban J connectivity index is 2.06. The SMILES string of the molecule is CCNC(C)(CN1Cc2ccccc2C1)C(=O)OC. The number of carbonyl (C=O) groups is 1. The highest BCUT2D eigenvalue weighted by Crippen LogP contribution is 2.24. The number of nitrogens with one attached hydrogen (secondary N) is 1. The first-order chi connectivity index (χ1) is 9.09. The number of hydrogen-bond acceptors (Lipinski definition) is 4.